The standard InChI is InChI=1S/C18H12ClN3O3/c19-13-6-7-16(25-9-8-20)12(10-13)11-15-17(23)21-22(18(15)24)14-4-2-1-3-5-14/h1-7,10-11H,9H2,(H,21,23). The van der Waals surface area contributed by atoms with Crippen molar-refractivity contribution in [2.75, 3.05) is 11.6 Å². The molecule has 1 aliphatic heterocycles. The molecule has 1 aliphatic rings. The Bertz CT molecular complexity index is 904. The molecule has 2 aromatic carbocycles. The fourth-order valence-corrected chi connectivity index (χ4v) is 2.53. The fourth-order valence-electron chi connectivity index (χ4n) is 2.35. The second kappa shape index (κ2) is 7.07. The number of anilines is 1. The Kier molecular flexibility index (Phi) is 4.68. The summed E-state index contributed by atoms with van der Waals surface area (Å²) in [6.45, 7) is -0.159. The van der Waals surface area contributed by atoms with Gasteiger partial charge < -0.3 is 4.74 Å². The zero-order chi connectivity index (χ0) is 17.8. The molecule has 1 fully saturated rings. The molecule has 0 aliphatic carbocycles. The third kappa shape index (κ3) is 3.47. The van der Waals surface area contributed by atoms with Crippen LogP contribution in [0.25, 0.3) is 6.08 Å². The van der Waals surface area contributed by atoms with E-state index >= 15 is 0 Å². The number of halogens is 1. The van der Waals surface area contributed by atoms with Crippen LogP contribution in [0.5, 0.6) is 5.75 Å². The van der Waals surface area contributed by atoms with E-state index in [1.54, 1.807) is 42.5 Å². The van der Waals surface area contributed by atoms with E-state index < -0.39 is 11.8 Å². The maximum atomic E-state index is 12.6. The number of hydrogen-bond donors (Lipinski definition) is 1. The number of carbonyl (C=O) groups excluding carboxylic acids is 2. The van der Waals surface area contributed by atoms with Gasteiger partial charge >= 0.3 is 0 Å². The molecule has 0 atom stereocenters. The number of nitrogens with one attached hydrogen (secondary N) is 1. The van der Waals surface area contributed by atoms with Crippen molar-refractivity contribution in [1.29, 1.82) is 5.26 Å². The smallest absolute Gasteiger partial charge is 0.282 e. The molecular weight excluding hydrogens is 342 g/mol. The summed E-state index contributed by atoms with van der Waals surface area (Å²) in [5.74, 6) is -0.653. The van der Waals surface area contributed by atoms with E-state index in [-0.39, 0.29) is 12.2 Å². The molecule has 0 aromatic heterocycles. The van der Waals surface area contributed by atoms with Crippen LogP contribution in [0, 0.1) is 11.3 Å². The first-order valence-electron chi connectivity index (χ1n) is 7.31. The number of nitriles is 1. The number of rotatable bonds is 4. The van der Waals surface area contributed by atoms with Gasteiger partial charge in [-0.25, -0.2) is 5.01 Å². The van der Waals surface area contributed by atoms with Gasteiger partial charge in [-0.15, -0.1) is 0 Å². The van der Waals surface area contributed by atoms with Crippen molar-refractivity contribution in [3.63, 3.8) is 0 Å². The Morgan fingerprint density at radius 2 is 1.96 bits per heavy atom. The van der Waals surface area contributed by atoms with Gasteiger partial charge in [-0.05, 0) is 36.4 Å². The van der Waals surface area contributed by atoms with Crippen LogP contribution in [-0.4, -0.2) is 18.4 Å². The number of para-hydroxylation sites is 1. The number of carbonyl (C=O) groups is 2. The van der Waals surface area contributed by atoms with Crippen LogP contribution in [0.3, 0.4) is 0 Å². The average Bonchev–Trinajstić information content (AvgIpc) is 2.90. The summed E-state index contributed by atoms with van der Waals surface area (Å²) in [5.41, 5.74) is 3.46. The topological polar surface area (TPSA) is 82.4 Å². The van der Waals surface area contributed by atoms with Gasteiger partial charge in [0.1, 0.15) is 17.4 Å². The molecular formula is C18H12ClN3O3. The number of nitrogens with zero attached hydrogens (tertiary/aromatic N) is 2. The van der Waals surface area contributed by atoms with Crippen molar-refractivity contribution in [1.82, 2.24) is 5.43 Å². The van der Waals surface area contributed by atoms with Crippen LogP contribution in [-0.2, 0) is 9.59 Å². The van der Waals surface area contributed by atoms with Crippen molar-refractivity contribution >= 4 is 35.2 Å². The van der Waals surface area contributed by atoms with Crippen LogP contribution >= 0.6 is 11.6 Å². The molecule has 25 heavy (non-hydrogen) atoms. The summed E-state index contributed by atoms with van der Waals surface area (Å²) in [7, 11) is 0. The van der Waals surface area contributed by atoms with Crippen molar-refractivity contribution in [2.45, 2.75) is 0 Å². The molecule has 7 heteroatoms. The van der Waals surface area contributed by atoms with E-state index in [9.17, 15) is 9.59 Å². The Labute approximate surface area is 148 Å². The lowest BCUT2D eigenvalue weighted by Gasteiger charge is -2.13. The van der Waals surface area contributed by atoms with Gasteiger partial charge in [0.05, 0.1) is 5.69 Å². The molecule has 0 spiro atoms. The molecule has 6 nitrogen and oxygen atoms in total. The molecule has 2 aromatic rings. The average molecular weight is 354 g/mol. The summed E-state index contributed by atoms with van der Waals surface area (Å²) in [6.07, 6.45) is 1.40. The maximum absolute atomic E-state index is 12.6. The number of amides is 2. The number of hydrogen-bond acceptors (Lipinski definition) is 4. The van der Waals surface area contributed by atoms with E-state index in [0.717, 1.165) is 0 Å². The zero-order valence-electron chi connectivity index (χ0n) is 12.9. The molecule has 1 saturated heterocycles. The molecule has 124 valence electrons. The van der Waals surface area contributed by atoms with E-state index in [0.29, 0.717) is 22.0 Å². The van der Waals surface area contributed by atoms with Crippen molar-refractivity contribution in [3.8, 4) is 11.8 Å². The minimum Gasteiger partial charge on any atom is -0.478 e. The van der Waals surface area contributed by atoms with Crippen LogP contribution < -0.4 is 15.2 Å². The molecule has 0 bridgehead atoms. The van der Waals surface area contributed by atoms with Crippen molar-refractivity contribution < 1.29 is 14.3 Å². The molecule has 0 radical (unpaired) electrons. The largest absolute Gasteiger partial charge is 0.478 e. The fraction of sp³-hybridized carbons (Fsp3) is 0.0556. The van der Waals surface area contributed by atoms with Crippen molar-refractivity contribution in [2.24, 2.45) is 0 Å². The summed E-state index contributed by atoms with van der Waals surface area (Å²) < 4.78 is 5.31. The number of ether oxygens (including phenoxy) is 1. The highest BCUT2D eigenvalue weighted by molar-refractivity contribution is 6.32. The molecule has 0 saturated carbocycles. The molecule has 3 rings (SSSR count). The lowest BCUT2D eigenvalue weighted by atomic mass is 10.1. The Balaban J connectivity index is 1.96. The second-order valence-corrected chi connectivity index (χ2v) is 5.54. The van der Waals surface area contributed by atoms with Crippen LogP contribution in [0.4, 0.5) is 5.69 Å². The summed E-state index contributed by atoms with van der Waals surface area (Å²) in [6, 6.07) is 15.4. The van der Waals surface area contributed by atoms with E-state index in [1.165, 1.54) is 11.1 Å². The maximum Gasteiger partial charge on any atom is 0.282 e. The van der Waals surface area contributed by atoms with E-state index in [4.69, 9.17) is 21.6 Å². The molecule has 2 amide bonds. The van der Waals surface area contributed by atoms with Crippen LogP contribution in [0.15, 0.2) is 54.1 Å². The highest BCUT2D eigenvalue weighted by atomic mass is 35.5. The van der Waals surface area contributed by atoms with Gasteiger partial charge in [0.2, 0.25) is 0 Å². The van der Waals surface area contributed by atoms with Crippen LogP contribution in [0.2, 0.25) is 5.02 Å². The van der Waals surface area contributed by atoms with Gasteiger partial charge in [0, 0.05) is 10.6 Å². The van der Waals surface area contributed by atoms with Gasteiger partial charge in [-0.3, -0.25) is 15.0 Å². The number of benzene rings is 2. The summed E-state index contributed by atoms with van der Waals surface area (Å²) in [5, 5.41) is 10.3. The number of hydrazine groups is 1. The Morgan fingerprint density at radius 3 is 2.68 bits per heavy atom. The third-order valence-electron chi connectivity index (χ3n) is 3.47. The van der Waals surface area contributed by atoms with Gasteiger partial charge in [-0.1, -0.05) is 29.8 Å². The molecule has 0 unspecified atom stereocenters. The summed E-state index contributed by atoms with van der Waals surface area (Å²) >= 11 is 5.99. The van der Waals surface area contributed by atoms with Gasteiger partial charge in [-0.2, -0.15) is 5.26 Å². The van der Waals surface area contributed by atoms with Crippen molar-refractivity contribution in [3.05, 3.63) is 64.7 Å². The minimum atomic E-state index is -0.528. The Morgan fingerprint density at radius 1 is 1.20 bits per heavy atom. The van der Waals surface area contributed by atoms with E-state index in [1.807, 2.05) is 12.1 Å². The molecule has 1 heterocycles. The SMILES string of the molecule is N#CCOc1ccc(Cl)cc1C=C1C(=O)NN(c2ccccc2)C1=O. The normalized spacial score (nSPS) is 15.2. The minimum absolute atomic E-state index is 0.0482. The quantitative estimate of drug-likeness (QED) is 0.676. The molecule has 1 N–H and O–H groups in total. The second-order valence-electron chi connectivity index (χ2n) is 5.10. The first-order chi connectivity index (χ1) is 12.1. The lowest BCUT2D eigenvalue weighted by Crippen LogP contribution is -2.35. The highest BCUT2D eigenvalue weighted by Gasteiger charge is 2.34. The first-order valence-corrected chi connectivity index (χ1v) is 7.69. The zero-order valence-corrected chi connectivity index (χ0v) is 13.7. The predicted molar refractivity (Wildman–Crippen MR) is 92.6 cm³/mol. The van der Waals surface area contributed by atoms with Crippen LogP contribution in [0.1, 0.15) is 5.56 Å². The van der Waals surface area contributed by atoms with Gasteiger partial charge in [0.25, 0.3) is 11.8 Å². The van der Waals surface area contributed by atoms with Gasteiger partial charge in [0.15, 0.2) is 6.61 Å². The monoisotopic (exact) mass is 353 g/mol. The predicted octanol–water partition coefficient (Wildman–Crippen LogP) is 2.70. The first kappa shape index (κ1) is 16.6. The Hall–Kier alpha value is -3.30. The summed E-state index contributed by atoms with van der Waals surface area (Å²) in [4.78, 5) is 24.8. The third-order valence-corrected chi connectivity index (χ3v) is 3.70. The lowest BCUT2D eigenvalue weighted by molar-refractivity contribution is -0.117. The van der Waals surface area contributed by atoms with E-state index in [2.05, 4.69) is 5.43 Å². The highest BCUT2D eigenvalue weighted by Crippen LogP contribution is 2.27.